The minimum atomic E-state index is 0.193. The molecule has 0 aliphatic carbocycles. The minimum Gasteiger partial charge on any atom is -0.329 e. The first-order valence-electron chi connectivity index (χ1n) is 4.81. The molecule has 0 atom stereocenters. The molecule has 0 amide bonds. The molecule has 3 heteroatoms. The molecule has 0 unspecified atom stereocenters. The van der Waals surface area contributed by atoms with E-state index in [0.717, 1.165) is 24.1 Å². The molecule has 0 saturated carbocycles. The Bertz CT molecular complexity index is 332. The Labute approximate surface area is 93.2 Å². The first-order chi connectivity index (χ1) is 6.66. The third kappa shape index (κ3) is 1.60. The highest BCUT2D eigenvalue weighted by molar-refractivity contribution is 9.10. The minimum absolute atomic E-state index is 0.193. The van der Waals surface area contributed by atoms with Crippen LogP contribution in [0.15, 0.2) is 28.7 Å². The molecule has 14 heavy (non-hydrogen) atoms. The van der Waals surface area contributed by atoms with Gasteiger partial charge in [0.2, 0.25) is 0 Å². The number of benzene rings is 1. The molecule has 2 N–H and O–H groups in total. The molecular formula is C11H15BrN2. The van der Waals surface area contributed by atoms with Crippen LogP contribution in [0.4, 0.5) is 0 Å². The molecule has 1 saturated heterocycles. The van der Waals surface area contributed by atoms with Crippen molar-refractivity contribution in [2.45, 2.75) is 5.41 Å². The molecule has 1 heterocycles. The van der Waals surface area contributed by atoms with E-state index in [2.05, 4.69) is 52.1 Å². The summed E-state index contributed by atoms with van der Waals surface area (Å²) in [7, 11) is 2.13. The van der Waals surface area contributed by atoms with Crippen LogP contribution in [0.1, 0.15) is 5.56 Å². The second-order valence-corrected chi connectivity index (χ2v) is 5.08. The fourth-order valence-electron chi connectivity index (χ4n) is 2.23. The smallest absolute Gasteiger partial charge is 0.0330 e. The highest BCUT2D eigenvalue weighted by atomic mass is 79.9. The Balaban J connectivity index is 2.29. The van der Waals surface area contributed by atoms with Crippen molar-refractivity contribution in [1.29, 1.82) is 0 Å². The van der Waals surface area contributed by atoms with Crippen molar-refractivity contribution < 1.29 is 0 Å². The van der Waals surface area contributed by atoms with Gasteiger partial charge in [-0.1, -0.05) is 28.1 Å². The lowest BCUT2D eigenvalue weighted by Gasteiger charge is -2.48. The highest BCUT2D eigenvalue weighted by Crippen LogP contribution is 2.33. The lowest BCUT2D eigenvalue weighted by atomic mass is 9.74. The van der Waals surface area contributed by atoms with Crippen LogP contribution in [0.2, 0.25) is 0 Å². The Kier molecular flexibility index (Phi) is 2.64. The van der Waals surface area contributed by atoms with Gasteiger partial charge in [0, 0.05) is 29.5 Å². The van der Waals surface area contributed by atoms with E-state index < -0.39 is 0 Å². The van der Waals surface area contributed by atoms with E-state index in [-0.39, 0.29) is 5.41 Å². The summed E-state index contributed by atoms with van der Waals surface area (Å²) in [5.41, 5.74) is 7.42. The Morgan fingerprint density at radius 3 is 2.71 bits per heavy atom. The molecule has 76 valence electrons. The van der Waals surface area contributed by atoms with E-state index in [4.69, 9.17) is 5.73 Å². The summed E-state index contributed by atoms with van der Waals surface area (Å²) in [5.74, 6) is 0. The maximum atomic E-state index is 5.87. The van der Waals surface area contributed by atoms with Crippen molar-refractivity contribution in [3.8, 4) is 0 Å². The average Bonchev–Trinajstić information content (AvgIpc) is 2.12. The van der Waals surface area contributed by atoms with E-state index in [1.54, 1.807) is 0 Å². The number of likely N-dealkylation sites (N-methyl/N-ethyl adjacent to an activating group) is 1. The normalized spacial score (nSPS) is 20.5. The van der Waals surface area contributed by atoms with Gasteiger partial charge in [-0.05, 0) is 24.7 Å². The van der Waals surface area contributed by atoms with E-state index >= 15 is 0 Å². The van der Waals surface area contributed by atoms with Gasteiger partial charge in [-0.25, -0.2) is 0 Å². The Morgan fingerprint density at radius 2 is 2.21 bits per heavy atom. The van der Waals surface area contributed by atoms with E-state index in [1.807, 2.05) is 0 Å². The zero-order chi connectivity index (χ0) is 10.2. The highest BCUT2D eigenvalue weighted by Gasteiger charge is 2.41. The largest absolute Gasteiger partial charge is 0.329 e. The van der Waals surface area contributed by atoms with Crippen molar-refractivity contribution in [3.63, 3.8) is 0 Å². The molecule has 1 fully saturated rings. The molecule has 1 aliphatic rings. The molecular weight excluding hydrogens is 240 g/mol. The first kappa shape index (κ1) is 10.1. The van der Waals surface area contributed by atoms with E-state index in [0.29, 0.717) is 0 Å². The van der Waals surface area contributed by atoms with Gasteiger partial charge in [-0.15, -0.1) is 0 Å². The number of rotatable bonds is 2. The van der Waals surface area contributed by atoms with Crippen LogP contribution >= 0.6 is 15.9 Å². The van der Waals surface area contributed by atoms with Crippen molar-refractivity contribution in [2.24, 2.45) is 5.73 Å². The molecule has 0 radical (unpaired) electrons. The van der Waals surface area contributed by atoms with Crippen LogP contribution in [-0.2, 0) is 5.41 Å². The van der Waals surface area contributed by atoms with Crippen LogP contribution in [0.5, 0.6) is 0 Å². The molecule has 2 rings (SSSR count). The van der Waals surface area contributed by atoms with Gasteiger partial charge >= 0.3 is 0 Å². The molecule has 0 aromatic heterocycles. The second kappa shape index (κ2) is 3.65. The van der Waals surface area contributed by atoms with Crippen LogP contribution in [0, 0.1) is 0 Å². The zero-order valence-corrected chi connectivity index (χ0v) is 9.92. The van der Waals surface area contributed by atoms with Crippen molar-refractivity contribution in [1.82, 2.24) is 4.90 Å². The number of hydrogen-bond donors (Lipinski definition) is 1. The van der Waals surface area contributed by atoms with Gasteiger partial charge in [0.05, 0.1) is 0 Å². The maximum absolute atomic E-state index is 5.87. The topological polar surface area (TPSA) is 29.3 Å². The number of nitrogens with zero attached hydrogens (tertiary/aromatic N) is 1. The lowest BCUT2D eigenvalue weighted by molar-refractivity contribution is 0.100. The van der Waals surface area contributed by atoms with Crippen LogP contribution < -0.4 is 5.73 Å². The fraction of sp³-hybridized carbons (Fsp3) is 0.455. The third-order valence-electron chi connectivity index (χ3n) is 2.97. The number of hydrogen-bond acceptors (Lipinski definition) is 2. The number of nitrogens with two attached hydrogens (primary N) is 1. The van der Waals surface area contributed by atoms with Gasteiger partial charge in [0.25, 0.3) is 0 Å². The van der Waals surface area contributed by atoms with Gasteiger partial charge in [0.1, 0.15) is 0 Å². The van der Waals surface area contributed by atoms with Crippen molar-refractivity contribution in [2.75, 3.05) is 26.7 Å². The van der Waals surface area contributed by atoms with Crippen molar-refractivity contribution >= 4 is 15.9 Å². The SMILES string of the molecule is CN1CC(CN)(c2cccc(Br)c2)C1. The third-order valence-corrected chi connectivity index (χ3v) is 3.47. The summed E-state index contributed by atoms with van der Waals surface area (Å²) in [6, 6.07) is 8.48. The molecule has 1 aromatic rings. The van der Waals surface area contributed by atoms with Gasteiger partial charge < -0.3 is 10.6 Å². The maximum Gasteiger partial charge on any atom is 0.0330 e. The summed E-state index contributed by atoms with van der Waals surface area (Å²) < 4.78 is 1.14. The molecule has 0 bridgehead atoms. The van der Waals surface area contributed by atoms with E-state index in [1.165, 1.54) is 5.56 Å². The molecule has 1 aliphatic heterocycles. The standard InChI is InChI=1S/C11H15BrN2/c1-14-7-11(6-13,8-14)9-3-2-4-10(12)5-9/h2-5H,6-8,13H2,1H3. The fourth-order valence-corrected chi connectivity index (χ4v) is 2.63. The van der Waals surface area contributed by atoms with Gasteiger partial charge in [-0.2, -0.15) is 0 Å². The Morgan fingerprint density at radius 1 is 1.50 bits per heavy atom. The second-order valence-electron chi connectivity index (χ2n) is 4.17. The predicted molar refractivity (Wildman–Crippen MR) is 62.4 cm³/mol. The molecule has 0 spiro atoms. The number of likely N-dealkylation sites (tertiary alicyclic amines) is 1. The van der Waals surface area contributed by atoms with Gasteiger partial charge in [-0.3, -0.25) is 0 Å². The average molecular weight is 255 g/mol. The van der Waals surface area contributed by atoms with Crippen LogP contribution in [0.3, 0.4) is 0 Å². The molecule has 1 aromatic carbocycles. The Hall–Kier alpha value is -0.380. The first-order valence-corrected chi connectivity index (χ1v) is 5.60. The summed E-state index contributed by atoms with van der Waals surface area (Å²) in [6.07, 6.45) is 0. The van der Waals surface area contributed by atoms with Crippen LogP contribution in [-0.4, -0.2) is 31.6 Å². The van der Waals surface area contributed by atoms with E-state index in [9.17, 15) is 0 Å². The molecule has 2 nitrogen and oxygen atoms in total. The lowest BCUT2D eigenvalue weighted by Crippen LogP contribution is -2.61. The van der Waals surface area contributed by atoms with Crippen molar-refractivity contribution in [3.05, 3.63) is 34.3 Å². The predicted octanol–water partition coefficient (Wildman–Crippen LogP) is 1.59. The summed E-state index contributed by atoms with van der Waals surface area (Å²) in [4.78, 5) is 2.30. The monoisotopic (exact) mass is 254 g/mol. The van der Waals surface area contributed by atoms with Crippen LogP contribution in [0.25, 0.3) is 0 Å². The summed E-state index contributed by atoms with van der Waals surface area (Å²) >= 11 is 3.50. The summed E-state index contributed by atoms with van der Waals surface area (Å²) in [5, 5.41) is 0. The van der Waals surface area contributed by atoms with Gasteiger partial charge in [0.15, 0.2) is 0 Å². The summed E-state index contributed by atoms with van der Waals surface area (Å²) in [6.45, 7) is 2.87. The number of halogens is 1. The zero-order valence-electron chi connectivity index (χ0n) is 8.33. The quantitative estimate of drug-likeness (QED) is 0.869.